The van der Waals surface area contributed by atoms with Gasteiger partial charge in [-0.2, -0.15) is 0 Å². The molecule has 122 valence electrons. The van der Waals surface area contributed by atoms with Crippen LogP contribution in [0.15, 0.2) is 42.5 Å². The average molecular weight is 311 g/mol. The first-order valence-corrected chi connectivity index (χ1v) is 7.87. The Labute approximate surface area is 138 Å². The van der Waals surface area contributed by atoms with Gasteiger partial charge in [0.15, 0.2) is 0 Å². The van der Waals surface area contributed by atoms with Crippen molar-refractivity contribution in [3.8, 4) is 0 Å². The van der Waals surface area contributed by atoms with Crippen LogP contribution < -0.4 is 4.90 Å². The van der Waals surface area contributed by atoms with Crippen molar-refractivity contribution in [1.82, 2.24) is 0 Å². The van der Waals surface area contributed by atoms with Gasteiger partial charge in [0.2, 0.25) is 0 Å². The van der Waals surface area contributed by atoms with Crippen molar-refractivity contribution in [3.05, 3.63) is 64.7 Å². The summed E-state index contributed by atoms with van der Waals surface area (Å²) < 4.78 is 4.73. The number of esters is 1. The molecule has 0 N–H and O–H groups in total. The van der Waals surface area contributed by atoms with Gasteiger partial charge in [-0.3, -0.25) is 0 Å². The Morgan fingerprint density at radius 2 is 1.78 bits per heavy atom. The van der Waals surface area contributed by atoms with Gasteiger partial charge in [-0.1, -0.05) is 25.1 Å². The van der Waals surface area contributed by atoms with E-state index in [2.05, 4.69) is 51.0 Å². The highest BCUT2D eigenvalue weighted by Crippen LogP contribution is 2.26. The number of rotatable bonds is 5. The van der Waals surface area contributed by atoms with Crippen LogP contribution in [0.5, 0.6) is 0 Å². The van der Waals surface area contributed by atoms with Crippen molar-refractivity contribution in [2.75, 3.05) is 26.1 Å². The maximum Gasteiger partial charge on any atom is 0.337 e. The summed E-state index contributed by atoms with van der Waals surface area (Å²) in [5.74, 6) is 0.134. The molecule has 0 saturated heterocycles. The number of ether oxygens (including phenoxy) is 1. The van der Waals surface area contributed by atoms with Crippen LogP contribution in [-0.2, 0) is 11.2 Å². The minimum Gasteiger partial charge on any atom is -0.465 e. The highest BCUT2D eigenvalue weighted by Gasteiger charge is 2.11. The van der Waals surface area contributed by atoms with Crippen molar-refractivity contribution in [2.24, 2.45) is 0 Å². The molecule has 0 amide bonds. The number of aryl methyl sites for hydroxylation is 1. The molecule has 0 aliphatic carbocycles. The molecule has 0 saturated carbocycles. The number of carbonyl (C=O) groups excluding carboxylic acids is 1. The van der Waals surface area contributed by atoms with Crippen LogP contribution in [0.4, 0.5) is 5.69 Å². The number of carbonyl (C=O) groups is 1. The van der Waals surface area contributed by atoms with Crippen LogP contribution in [-0.4, -0.2) is 27.2 Å². The number of anilines is 1. The van der Waals surface area contributed by atoms with Crippen LogP contribution in [0.1, 0.15) is 39.9 Å². The van der Waals surface area contributed by atoms with E-state index in [1.54, 1.807) is 0 Å². The molecular formula is C20H25NO2. The highest BCUT2D eigenvalue weighted by molar-refractivity contribution is 5.89. The molecule has 3 heteroatoms. The van der Waals surface area contributed by atoms with Gasteiger partial charge in [0.25, 0.3) is 0 Å². The summed E-state index contributed by atoms with van der Waals surface area (Å²) in [6, 6.07) is 14.3. The van der Waals surface area contributed by atoms with Crippen LogP contribution in [0.3, 0.4) is 0 Å². The third-order valence-electron chi connectivity index (χ3n) is 4.22. The van der Waals surface area contributed by atoms with Crippen molar-refractivity contribution in [3.63, 3.8) is 0 Å². The number of hydrogen-bond acceptors (Lipinski definition) is 3. The number of methoxy groups -OCH3 is 1. The zero-order chi connectivity index (χ0) is 17.0. The van der Waals surface area contributed by atoms with Gasteiger partial charge >= 0.3 is 5.97 Å². The molecule has 0 aromatic heterocycles. The quantitative estimate of drug-likeness (QED) is 0.775. The Bertz CT molecular complexity index is 675. The Hall–Kier alpha value is -2.29. The molecule has 0 radical (unpaired) electrons. The van der Waals surface area contributed by atoms with E-state index in [9.17, 15) is 4.79 Å². The van der Waals surface area contributed by atoms with Crippen LogP contribution in [0.25, 0.3) is 0 Å². The van der Waals surface area contributed by atoms with Gasteiger partial charge in [0, 0.05) is 19.8 Å². The summed E-state index contributed by atoms with van der Waals surface area (Å²) in [6.45, 7) is 4.41. The fourth-order valence-corrected chi connectivity index (χ4v) is 2.85. The molecule has 0 unspecified atom stereocenters. The Morgan fingerprint density at radius 3 is 2.30 bits per heavy atom. The van der Waals surface area contributed by atoms with Gasteiger partial charge in [-0.15, -0.1) is 0 Å². The van der Waals surface area contributed by atoms with Crippen molar-refractivity contribution < 1.29 is 9.53 Å². The summed E-state index contributed by atoms with van der Waals surface area (Å²) in [5.41, 5.74) is 5.72. The number of nitrogens with zero attached hydrogens (tertiary/aromatic N) is 1. The summed E-state index contributed by atoms with van der Waals surface area (Å²) in [6.07, 6.45) is 0.948. The molecule has 0 spiro atoms. The monoisotopic (exact) mass is 311 g/mol. The standard InChI is InChI=1S/C20H25NO2/c1-14(19-11-10-18(21(3)4)13-15(19)2)12-16-6-8-17(9-7-16)20(22)23-5/h6-11,13-14H,12H2,1-5H3/t14-/m0/s1. The van der Waals surface area contributed by atoms with E-state index in [0.29, 0.717) is 11.5 Å². The normalized spacial score (nSPS) is 11.9. The van der Waals surface area contributed by atoms with Gasteiger partial charge in [-0.05, 0) is 60.2 Å². The molecule has 2 aromatic rings. The maximum atomic E-state index is 11.5. The van der Waals surface area contributed by atoms with E-state index >= 15 is 0 Å². The summed E-state index contributed by atoms with van der Waals surface area (Å²) >= 11 is 0. The van der Waals surface area contributed by atoms with Crippen molar-refractivity contribution >= 4 is 11.7 Å². The predicted octanol–water partition coefficient (Wildman–Crippen LogP) is 4.19. The zero-order valence-electron chi connectivity index (χ0n) is 14.6. The van der Waals surface area contributed by atoms with Crippen LogP contribution >= 0.6 is 0 Å². The highest BCUT2D eigenvalue weighted by atomic mass is 16.5. The maximum absolute atomic E-state index is 11.5. The molecule has 3 nitrogen and oxygen atoms in total. The lowest BCUT2D eigenvalue weighted by atomic mass is 9.90. The molecule has 0 aliphatic rings. The first kappa shape index (κ1) is 17.1. The average Bonchev–Trinajstić information content (AvgIpc) is 2.54. The molecule has 23 heavy (non-hydrogen) atoms. The molecule has 0 fully saturated rings. The second kappa shape index (κ2) is 7.32. The van der Waals surface area contributed by atoms with Crippen LogP contribution in [0.2, 0.25) is 0 Å². The lowest BCUT2D eigenvalue weighted by Crippen LogP contribution is -2.09. The second-order valence-corrected chi connectivity index (χ2v) is 6.23. The molecular weight excluding hydrogens is 286 g/mol. The Balaban J connectivity index is 2.12. The zero-order valence-corrected chi connectivity index (χ0v) is 14.6. The summed E-state index contributed by atoms with van der Waals surface area (Å²) in [4.78, 5) is 13.6. The molecule has 0 bridgehead atoms. The van der Waals surface area contributed by atoms with E-state index in [-0.39, 0.29) is 5.97 Å². The number of hydrogen-bond donors (Lipinski definition) is 0. The van der Waals surface area contributed by atoms with Gasteiger partial charge < -0.3 is 9.64 Å². The molecule has 2 aromatic carbocycles. The first-order valence-electron chi connectivity index (χ1n) is 7.87. The topological polar surface area (TPSA) is 29.5 Å². The van der Waals surface area contributed by atoms with E-state index < -0.39 is 0 Å². The fraction of sp³-hybridized carbons (Fsp3) is 0.350. The molecule has 0 heterocycles. The lowest BCUT2D eigenvalue weighted by molar-refractivity contribution is 0.0600. The van der Waals surface area contributed by atoms with Crippen molar-refractivity contribution in [1.29, 1.82) is 0 Å². The van der Waals surface area contributed by atoms with Crippen LogP contribution in [0, 0.1) is 6.92 Å². The minimum absolute atomic E-state index is 0.292. The molecule has 1 atom stereocenters. The van der Waals surface area contributed by atoms with Gasteiger partial charge in [0.1, 0.15) is 0 Å². The van der Waals surface area contributed by atoms with Crippen molar-refractivity contribution in [2.45, 2.75) is 26.2 Å². The molecule has 0 aliphatic heterocycles. The summed E-state index contributed by atoms with van der Waals surface area (Å²) in [5, 5.41) is 0. The third kappa shape index (κ3) is 4.13. The second-order valence-electron chi connectivity index (χ2n) is 6.23. The lowest BCUT2D eigenvalue weighted by Gasteiger charge is -2.19. The first-order chi connectivity index (χ1) is 10.9. The third-order valence-corrected chi connectivity index (χ3v) is 4.22. The fourth-order valence-electron chi connectivity index (χ4n) is 2.85. The predicted molar refractivity (Wildman–Crippen MR) is 95.4 cm³/mol. The van der Waals surface area contributed by atoms with Gasteiger partial charge in [-0.25, -0.2) is 4.79 Å². The largest absolute Gasteiger partial charge is 0.465 e. The SMILES string of the molecule is COC(=O)c1ccc(C[C@H](C)c2ccc(N(C)C)cc2C)cc1. The van der Waals surface area contributed by atoms with E-state index in [1.807, 2.05) is 24.3 Å². The van der Waals surface area contributed by atoms with Gasteiger partial charge in [0.05, 0.1) is 12.7 Å². The number of benzene rings is 2. The Kier molecular flexibility index (Phi) is 5.43. The smallest absolute Gasteiger partial charge is 0.337 e. The van der Waals surface area contributed by atoms with E-state index in [0.717, 1.165) is 6.42 Å². The Morgan fingerprint density at radius 1 is 1.13 bits per heavy atom. The van der Waals surface area contributed by atoms with E-state index in [4.69, 9.17) is 4.74 Å². The summed E-state index contributed by atoms with van der Waals surface area (Å²) in [7, 11) is 5.51. The molecule has 2 rings (SSSR count). The van der Waals surface area contributed by atoms with E-state index in [1.165, 1.54) is 29.5 Å². The minimum atomic E-state index is -0.292.